The van der Waals surface area contributed by atoms with Crippen molar-refractivity contribution in [3.05, 3.63) is 52.9 Å². The first kappa shape index (κ1) is 18.7. The fraction of sp³-hybridized carbons (Fsp3) is 0.190. The number of nitrogens with zero attached hydrogens (tertiary/aromatic N) is 2. The van der Waals surface area contributed by atoms with Crippen molar-refractivity contribution >= 4 is 68.1 Å². The number of hydrogen-bond acceptors (Lipinski definition) is 4. The second-order valence-electron chi connectivity index (χ2n) is 6.52. The normalized spacial score (nSPS) is 16.0. The van der Waals surface area contributed by atoms with Crippen LogP contribution in [0.2, 0.25) is 0 Å². The molecule has 0 unspecified atom stereocenters. The van der Waals surface area contributed by atoms with E-state index in [1.807, 2.05) is 24.3 Å². The number of hydrogen-bond donors (Lipinski definition) is 1. The number of thiocarbonyl (C=S) groups is 1. The lowest BCUT2D eigenvalue weighted by molar-refractivity contribution is -0.137. The van der Waals surface area contributed by atoms with Crippen LogP contribution in [-0.2, 0) is 16.1 Å². The van der Waals surface area contributed by atoms with Gasteiger partial charge in [-0.05, 0) is 36.8 Å². The van der Waals surface area contributed by atoms with Crippen LogP contribution in [0.4, 0.5) is 0 Å². The van der Waals surface area contributed by atoms with E-state index in [1.54, 1.807) is 0 Å². The summed E-state index contributed by atoms with van der Waals surface area (Å²) in [6, 6.07) is 14.5. The number of amides is 1. The smallest absolute Gasteiger partial charge is 0.305 e. The van der Waals surface area contributed by atoms with Crippen molar-refractivity contribution in [1.29, 1.82) is 0 Å². The topological polar surface area (TPSA) is 62.5 Å². The number of rotatable bonds is 5. The molecule has 0 aliphatic carbocycles. The third-order valence-electron chi connectivity index (χ3n) is 4.83. The average Bonchev–Trinajstić information content (AvgIpc) is 3.13. The molecule has 1 N–H and O–H groups in total. The molecule has 1 aliphatic heterocycles. The monoisotopic (exact) mass is 410 g/mol. The molecule has 2 aromatic carbocycles. The summed E-state index contributed by atoms with van der Waals surface area (Å²) in [7, 11) is 0. The van der Waals surface area contributed by atoms with Gasteiger partial charge in [0.15, 0.2) is 0 Å². The molecule has 2 heterocycles. The van der Waals surface area contributed by atoms with Gasteiger partial charge in [0, 0.05) is 34.9 Å². The standard InChI is InChI=1S/C21H18N2O3S2/c1-2-22-16-6-4-3-5-14(16)15-11-13(7-8-17(15)22)12-18-20(26)23(21(27)28-18)10-9-19(24)25/h3-8,11-12H,2,9-10H2,1H3,(H,24,25). The predicted molar refractivity (Wildman–Crippen MR) is 117 cm³/mol. The zero-order chi connectivity index (χ0) is 19.8. The van der Waals surface area contributed by atoms with Crippen molar-refractivity contribution in [2.45, 2.75) is 19.9 Å². The van der Waals surface area contributed by atoms with Crippen molar-refractivity contribution in [1.82, 2.24) is 9.47 Å². The van der Waals surface area contributed by atoms with Gasteiger partial charge in [0.2, 0.25) is 0 Å². The fourth-order valence-corrected chi connectivity index (χ4v) is 4.86. The molecule has 142 valence electrons. The fourth-order valence-electron chi connectivity index (χ4n) is 3.55. The molecule has 7 heteroatoms. The number of aryl methyl sites for hydroxylation is 1. The zero-order valence-corrected chi connectivity index (χ0v) is 16.8. The van der Waals surface area contributed by atoms with Crippen LogP contribution < -0.4 is 0 Å². The highest BCUT2D eigenvalue weighted by atomic mass is 32.2. The molecule has 1 fully saturated rings. The second kappa shape index (κ2) is 7.41. The van der Waals surface area contributed by atoms with Crippen LogP contribution in [0.3, 0.4) is 0 Å². The van der Waals surface area contributed by atoms with Gasteiger partial charge in [0.25, 0.3) is 5.91 Å². The SMILES string of the molecule is CCn1c2ccccc2c2cc(C=C3SC(=S)N(CCC(=O)O)C3=O)ccc21. The lowest BCUT2D eigenvalue weighted by Crippen LogP contribution is -2.30. The van der Waals surface area contributed by atoms with Crippen molar-refractivity contribution in [2.75, 3.05) is 6.54 Å². The van der Waals surface area contributed by atoms with Gasteiger partial charge in [-0.1, -0.05) is 48.2 Å². The van der Waals surface area contributed by atoms with Gasteiger partial charge >= 0.3 is 5.97 Å². The summed E-state index contributed by atoms with van der Waals surface area (Å²) in [4.78, 5) is 25.3. The summed E-state index contributed by atoms with van der Waals surface area (Å²) in [6.45, 7) is 3.11. The lowest BCUT2D eigenvalue weighted by atomic mass is 10.1. The lowest BCUT2D eigenvalue weighted by Gasteiger charge is -2.12. The number of thioether (sulfide) groups is 1. The molecule has 3 aromatic rings. The summed E-state index contributed by atoms with van der Waals surface area (Å²) in [5.74, 6) is -1.18. The number of aliphatic carboxylic acids is 1. The number of carboxylic acid groups (broad SMARTS) is 1. The Balaban J connectivity index is 1.72. The Morgan fingerprint density at radius 2 is 1.93 bits per heavy atom. The predicted octanol–water partition coefficient (Wildman–Crippen LogP) is 4.49. The van der Waals surface area contributed by atoms with Gasteiger partial charge in [-0.2, -0.15) is 0 Å². The minimum Gasteiger partial charge on any atom is -0.481 e. The minimum absolute atomic E-state index is 0.0976. The van der Waals surface area contributed by atoms with Crippen molar-refractivity contribution in [2.24, 2.45) is 0 Å². The van der Waals surface area contributed by atoms with E-state index in [9.17, 15) is 9.59 Å². The number of carbonyl (C=O) groups is 2. The second-order valence-corrected chi connectivity index (χ2v) is 8.19. The Morgan fingerprint density at radius 3 is 2.68 bits per heavy atom. The van der Waals surface area contributed by atoms with Crippen LogP contribution >= 0.6 is 24.0 Å². The van der Waals surface area contributed by atoms with Gasteiger partial charge in [-0.15, -0.1) is 0 Å². The quantitative estimate of drug-likeness (QED) is 0.496. The van der Waals surface area contributed by atoms with E-state index in [0.717, 1.165) is 23.0 Å². The van der Waals surface area contributed by atoms with Gasteiger partial charge in [0.1, 0.15) is 4.32 Å². The van der Waals surface area contributed by atoms with E-state index in [1.165, 1.54) is 27.6 Å². The van der Waals surface area contributed by atoms with Crippen molar-refractivity contribution in [3.8, 4) is 0 Å². The maximum atomic E-state index is 12.6. The molecule has 0 atom stereocenters. The number of carbonyl (C=O) groups excluding carboxylic acids is 1. The maximum absolute atomic E-state index is 12.6. The van der Waals surface area contributed by atoms with E-state index in [-0.39, 0.29) is 18.9 Å². The van der Waals surface area contributed by atoms with E-state index >= 15 is 0 Å². The van der Waals surface area contributed by atoms with Gasteiger partial charge in [-0.3, -0.25) is 14.5 Å². The molecule has 4 rings (SSSR count). The highest BCUT2D eigenvalue weighted by Crippen LogP contribution is 2.34. The molecule has 5 nitrogen and oxygen atoms in total. The minimum atomic E-state index is -0.948. The summed E-state index contributed by atoms with van der Waals surface area (Å²) in [5, 5.41) is 11.2. The molecule has 1 aliphatic rings. The molecular weight excluding hydrogens is 392 g/mol. The molecule has 1 aromatic heterocycles. The highest BCUT2D eigenvalue weighted by molar-refractivity contribution is 8.26. The number of aromatic nitrogens is 1. The van der Waals surface area contributed by atoms with Gasteiger partial charge in [0.05, 0.1) is 11.3 Å². The Morgan fingerprint density at radius 1 is 1.18 bits per heavy atom. The Hall–Kier alpha value is -2.64. The number of carboxylic acids is 1. The third-order valence-corrected chi connectivity index (χ3v) is 6.21. The summed E-state index contributed by atoms with van der Waals surface area (Å²) in [5.41, 5.74) is 3.28. The summed E-state index contributed by atoms with van der Waals surface area (Å²) >= 11 is 6.47. The molecule has 0 spiro atoms. The first-order valence-corrected chi connectivity index (χ1v) is 10.2. The summed E-state index contributed by atoms with van der Waals surface area (Å²) in [6.07, 6.45) is 1.71. The summed E-state index contributed by atoms with van der Waals surface area (Å²) < 4.78 is 2.68. The van der Waals surface area contributed by atoms with Crippen LogP contribution in [-0.4, -0.2) is 37.3 Å². The van der Waals surface area contributed by atoms with Crippen LogP contribution in [0.25, 0.3) is 27.9 Å². The largest absolute Gasteiger partial charge is 0.481 e. The molecule has 0 saturated carbocycles. The van der Waals surface area contributed by atoms with E-state index in [0.29, 0.717) is 9.23 Å². The Labute approximate surface area is 171 Å². The Kier molecular flexibility index (Phi) is 4.95. The zero-order valence-electron chi connectivity index (χ0n) is 15.2. The first-order valence-electron chi connectivity index (χ1n) is 8.97. The van der Waals surface area contributed by atoms with Crippen LogP contribution in [0.5, 0.6) is 0 Å². The number of para-hydroxylation sites is 1. The van der Waals surface area contributed by atoms with Crippen LogP contribution in [0, 0.1) is 0 Å². The molecular formula is C21H18N2O3S2. The van der Waals surface area contributed by atoms with E-state index in [2.05, 4.69) is 35.8 Å². The molecule has 0 radical (unpaired) electrons. The van der Waals surface area contributed by atoms with E-state index < -0.39 is 5.97 Å². The third kappa shape index (κ3) is 3.21. The molecule has 0 bridgehead atoms. The maximum Gasteiger partial charge on any atom is 0.305 e. The average molecular weight is 411 g/mol. The van der Waals surface area contributed by atoms with Crippen molar-refractivity contribution in [3.63, 3.8) is 0 Å². The number of benzene rings is 2. The van der Waals surface area contributed by atoms with Crippen LogP contribution in [0.1, 0.15) is 18.9 Å². The number of fused-ring (bicyclic) bond motifs is 3. The first-order chi connectivity index (χ1) is 13.5. The van der Waals surface area contributed by atoms with E-state index in [4.69, 9.17) is 17.3 Å². The van der Waals surface area contributed by atoms with Crippen molar-refractivity contribution < 1.29 is 14.7 Å². The van der Waals surface area contributed by atoms with Gasteiger partial charge in [-0.25, -0.2) is 0 Å². The Bertz CT molecular complexity index is 1160. The molecule has 28 heavy (non-hydrogen) atoms. The van der Waals surface area contributed by atoms with Crippen LogP contribution in [0.15, 0.2) is 47.4 Å². The molecule has 1 saturated heterocycles. The van der Waals surface area contributed by atoms with Gasteiger partial charge < -0.3 is 9.67 Å². The highest BCUT2D eigenvalue weighted by Gasteiger charge is 2.32. The molecule has 1 amide bonds.